The van der Waals surface area contributed by atoms with Gasteiger partial charge in [0, 0.05) is 25.9 Å². The Morgan fingerprint density at radius 3 is 2.30 bits per heavy atom. The van der Waals surface area contributed by atoms with E-state index in [1.807, 2.05) is 19.1 Å². The largest absolute Gasteiger partial charge is 0.496 e. The van der Waals surface area contributed by atoms with Crippen LogP contribution in [0.15, 0.2) is 30.3 Å². The summed E-state index contributed by atoms with van der Waals surface area (Å²) in [7, 11) is 7.57. The van der Waals surface area contributed by atoms with Crippen molar-refractivity contribution < 1.29 is 18.9 Å². The Bertz CT molecular complexity index is 1220. The second kappa shape index (κ2) is 10.6. The van der Waals surface area contributed by atoms with Crippen LogP contribution < -0.4 is 14.0 Å². The summed E-state index contributed by atoms with van der Waals surface area (Å²) in [4.78, 5) is 0. The lowest BCUT2D eigenvalue weighted by atomic mass is 10.00. The first-order chi connectivity index (χ1) is 17.9. The highest BCUT2D eigenvalue weighted by Crippen LogP contribution is 2.45. The molecule has 1 saturated heterocycles. The van der Waals surface area contributed by atoms with Crippen LogP contribution in [0.5, 0.6) is 11.5 Å². The van der Waals surface area contributed by atoms with Gasteiger partial charge in [0.2, 0.25) is 0 Å². The van der Waals surface area contributed by atoms with Gasteiger partial charge in [-0.3, -0.25) is 4.48 Å². The average molecular weight is 509 g/mol. The van der Waals surface area contributed by atoms with Gasteiger partial charge in [-0.2, -0.15) is 5.10 Å². The van der Waals surface area contributed by atoms with Gasteiger partial charge in [0.25, 0.3) is 0 Å². The highest BCUT2D eigenvalue weighted by Gasteiger charge is 2.44. The molecule has 1 saturated carbocycles. The summed E-state index contributed by atoms with van der Waals surface area (Å²) < 4.78 is 26.2. The van der Waals surface area contributed by atoms with E-state index in [4.69, 9.17) is 24.0 Å². The standard InChI is InChI=1S/C30H42N3O4/c1-7-24-30(33(3,19-21-11-12-21)23-13-15-37-16-14-23)26-10-8-9-25(32(26)31-24)29-27(35-5)17-22(20(2)34-4)18-28(29)36-6/h8-10,17-18,20-21,23H,7,11-16,19H2,1-6H3/q+1. The van der Waals surface area contributed by atoms with Gasteiger partial charge < -0.3 is 18.9 Å². The molecule has 5 rings (SSSR count). The molecule has 0 amide bonds. The van der Waals surface area contributed by atoms with Crippen LogP contribution in [0.4, 0.5) is 5.69 Å². The minimum atomic E-state index is -0.0736. The predicted molar refractivity (Wildman–Crippen MR) is 148 cm³/mol. The van der Waals surface area contributed by atoms with Crippen molar-refractivity contribution in [1.29, 1.82) is 0 Å². The number of rotatable bonds is 10. The normalized spacial score (nSPS) is 19.1. The zero-order valence-electron chi connectivity index (χ0n) is 23.3. The summed E-state index contributed by atoms with van der Waals surface area (Å²) in [5, 5.41) is 5.25. The Labute approximate surface area is 220 Å². The Kier molecular flexibility index (Phi) is 7.48. The molecule has 200 valence electrons. The number of nitrogens with zero attached hydrogens (tertiary/aromatic N) is 3. The fourth-order valence-electron chi connectivity index (χ4n) is 6.16. The summed E-state index contributed by atoms with van der Waals surface area (Å²) in [5.41, 5.74) is 6.59. The third-order valence-electron chi connectivity index (χ3n) is 8.49. The molecule has 3 aromatic rings. The molecule has 7 heteroatoms. The van der Waals surface area contributed by atoms with Crippen LogP contribution >= 0.6 is 0 Å². The van der Waals surface area contributed by atoms with Crippen molar-refractivity contribution >= 4 is 11.2 Å². The van der Waals surface area contributed by atoms with Crippen LogP contribution in [0.25, 0.3) is 16.8 Å². The highest BCUT2D eigenvalue weighted by molar-refractivity contribution is 5.82. The second-order valence-electron chi connectivity index (χ2n) is 10.8. The zero-order chi connectivity index (χ0) is 26.2. The molecule has 2 unspecified atom stereocenters. The molecular formula is C30H42N3O4+. The van der Waals surface area contributed by atoms with Crippen molar-refractivity contribution in [3.8, 4) is 22.8 Å². The first-order valence-electron chi connectivity index (χ1n) is 13.7. The summed E-state index contributed by atoms with van der Waals surface area (Å²) in [6, 6.07) is 11.1. The van der Waals surface area contributed by atoms with E-state index < -0.39 is 0 Å². The molecule has 1 aromatic carbocycles. The maximum atomic E-state index is 5.92. The van der Waals surface area contributed by atoms with Gasteiger partial charge in [-0.05, 0) is 56.0 Å². The average Bonchev–Trinajstić information content (AvgIpc) is 3.67. The number of hydrogen-bond acceptors (Lipinski definition) is 5. The number of aromatic nitrogens is 2. The van der Waals surface area contributed by atoms with Gasteiger partial charge in [-0.15, -0.1) is 0 Å². The molecule has 0 bridgehead atoms. The number of pyridine rings is 1. The molecule has 2 fully saturated rings. The second-order valence-corrected chi connectivity index (χ2v) is 10.8. The molecule has 2 aliphatic rings. The molecule has 3 heterocycles. The highest BCUT2D eigenvalue weighted by atomic mass is 16.5. The zero-order valence-corrected chi connectivity index (χ0v) is 23.3. The first kappa shape index (κ1) is 26.0. The predicted octanol–water partition coefficient (Wildman–Crippen LogP) is 5.81. The molecule has 2 aromatic heterocycles. The smallest absolute Gasteiger partial charge is 0.182 e. The van der Waals surface area contributed by atoms with E-state index in [1.54, 1.807) is 21.3 Å². The van der Waals surface area contributed by atoms with Gasteiger partial charge in [-0.25, -0.2) is 4.52 Å². The van der Waals surface area contributed by atoms with Gasteiger partial charge in [0.1, 0.15) is 22.7 Å². The van der Waals surface area contributed by atoms with E-state index in [9.17, 15) is 0 Å². The minimum absolute atomic E-state index is 0.0736. The number of hydrogen-bond donors (Lipinski definition) is 0. The van der Waals surface area contributed by atoms with Crippen molar-refractivity contribution in [2.24, 2.45) is 5.92 Å². The molecule has 0 radical (unpaired) electrons. The number of ether oxygens (including phenoxy) is 4. The van der Waals surface area contributed by atoms with E-state index in [0.717, 1.165) is 71.2 Å². The van der Waals surface area contributed by atoms with Crippen molar-refractivity contribution in [1.82, 2.24) is 14.1 Å². The van der Waals surface area contributed by atoms with Crippen LogP contribution in [0.2, 0.25) is 0 Å². The van der Waals surface area contributed by atoms with Crippen LogP contribution in [0.3, 0.4) is 0 Å². The Balaban J connectivity index is 1.72. The van der Waals surface area contributed by atoms with E-state index in [-0.39, 0.29) is 6.10 Å². The summed E-state index contributed by atoms with van der Waals surface area (Å²) in [6.07, 6.45) is 5.66. The molecular weight excluding hydrogens is 466 g/mol. The van der Waals surface area contributed by atoms with E-state index in [2.05, 4.69) is 36.7 Å². The topological polar surface area (TPSA) is 54.2 Å². The first-order valence-corrected chi connectivity index (χ1v) is 13.7. The third kappa shape index (κ3) is 4.73. The van der Waals surface area contributed by atoms with E-state index in [1.165, 1.54) is 36.3 Å². The van der Waals surface area contributed by atoms with E-state index in [0.29, 0.717) is 6.04 Å². The maximum absolute atomic E-state index is 5.92. The summed E-state index contributed by atoms with van der Waals surface area (Å²) in [5.74, 6) is 2.30. The number of fused-ring (bicyclic) bond motifs is 1. The Morgan fingerprint density at radius 2 is 1.73 bits per heavy atom. The number of quaternary nitrogens is 1. The summed E-state index contributed by atoms with van der Waals surface area (Å²) in [6.45, 7) is 7.10. The van der Waals surface area contributed by atoms with Crippen molar-refractivity contribution in [2.45, 2.75) is 58.1 Å². The Hall–Kier alpha value is -2.61. The maximum Gasteiger partial charge on any atom is 0.182 e. The third-order valence-corrected chi connectivity index (χ3v) is 8.49. The quantitative estimate of drug-likeness (QED) is 0.323. The number of methoxy groups -OCH3 is 3. The van der Waals surface area contributed by atoms with Crippen LogP contribution in [0, 0.1) is 5.92 Å². The van der Waals surface area contributed by atoms with Gasteiger partial charge >= 0.3 is 0 Å². The van der Waals surface area contributed by atoms with Crippen molar-refractivity contribution in [2.75, 3.05) is 48.1 Å². The lowest BCUT2D eigenvalue weighted by Crippen LogP contribution is -2.57. The molecule has 1 aliphatic heterocycles. The van der Waals surface area contributed by atoms with Gasteiger partial charge in [-0.1, -0.05) is 13.0 Å². The minimum Gasteiger partial charge on any atom is -0.496 e. The van der Waals surface area contributed by atoms with Gasteiger partial charge in [0.05, 0.1) is 64.4 Å². The molecule has 0 N–H and O–H groups in total. The fraction of sp³-hybridized carbons (Fsp3) is 0.567. The molecule has 0 spiro atoms. The van der Waals surface area contributed by atoms with Crippen LogP contribution in [-0.4, -0.2) is 63.8 Å². The van der Waals surface area contributed by atoms with Crippen molar-refractivity contribution in [3.63, 3.8) is 0 Å². The fourth-order valence-corrected chi connectivity index (χ4v) is 6.16. The monoisotopic (exact) mass is 508 g/mol. The number of benzene rings is 1. The van der Waals surface area contributed by atoms with Crippen LogP contribution in [0.1, 0.15) is 56.9 Å². The summed E-state index contributed by atoms with van der Waals surface area (Å²) >= 11 is 0. The molecule has 7 nitrogen and oxygen atoms in total. The molecule has 1 aliphatic carbocycles. The SMILES string of the molecule is CCc1nn2c(-c3c(OC)cc(C(C)OC)cc3OC)cccc2c1[N+](C)(CC1CC1)C1CCOCC1. The van der Waals surface area contributed by atoms with Gasteiger partial charge in [0.15, 0.2) is 5.69 Å². The van der Waals surface area contributed by atoms with Crippen molar-refractivity contribution in [3.05, 3.63) is 41.6 Å². The lowest BCUT2D eigenvalue weighted by molar-refractivity contribution is 0.0436. The Morgan fingerprint density at radius 1 is 1.05 bits per heavy atom. The van der Waals surface area contributed by atoms with Crippen LogP contribution in [-0.2, 0) is 15.9 Å². The lowest BCUT2D eigenvalue weighted by Gasteiger charge is -2.43. The molecule has 2 atom stereocenters. The molecule has 37 heavy (non-hydrogen) atoms. The van der Waals surface area contributed by atoms with E-state index >= 15 is 0 Å². The number of aryl methyl sites for hydroxylation is 1.